The minimum Gasteiger partial charge on any atom is -0.385 e. The SMILES string of the molecule is CCNc1ccc(C(=O)Nc2ccc(Cl)cc2I)cc1C. The van der Waals surface area contributed by atoms with Crippen LogP contribution in [0, 0.1) is 10.5 Å². The highest BCUT2D eigenvalue weighted by Crippen LogP contribution is 2.23. The van der Waals surface area contributed by atoms with Gasteiger partial charge in [-0.1, -0.05) is 11.6 Å². The van der Waals surface area contributed by atoms with Crippen LogP contribution in [0.5, 0.6) is 0 Å². The van der Waals surface area contributed by atoms with Crippen molar-refractivity contribution in [2.24, 2.45) is 0 Å². The van der Waals surface area contributed by atoms with Crippen molar-refractivity contribution >= 4 is 51.5 Å². The van der Waals surface area contributed by atoms with Gasteiger partial charge in [0, 0.05) is 26.4 Å². The van der Waals surface area contributed by atoms with Crippen LogP contribution in [0.25, 0.3) is 0 Å². The van der Waals surface area contributed by atoms with Gasteiger partial charge in [0.1, 0.15) is 0 Å². The molecule has 2 N–H and O–H groups in total. The van der Waals surface area contributed by atoms with Gasteiger partial charge in [-0.05, 0) is 78.4 Å². The Hall–Kier alpha value is -1.27. The lowest BCUT2D eigenvalue weighted by molar-refractivity contribution is 0.102. The largest absolute Gasteiger partial charge is 0.385 e. The zero-order valence-electron chi connectivity index (χ0n) is 11.8. The Kier molecular flexibility index (Phi) is 5.47. The first-order valence-electron chi connectivity index (χ1n) is 6.62. The van der Waals surface area contributed by atoms with Crippen molar-refractivity contribution in [2.75, 3.05) is 17.2 Å². The van der Waals surface area contributed by atoms with E-state index in [-0.39, 0.29) is 5.91 Å². The summed E-state index contributed by atoms with van der Waals surface area (Å²) in [6, 6.07) is 11.0. The van der Waals surface area contributed by atoms with Gasteiger partial charge in [0.2, 0.25) is 0 Å². The lowest BCUT2D eigenvalue weighted by Gasteiger charge is -2.11. The molecule has 0 fully saturated rings. The summed E-state index contributed by atoms with van der Waals surface area (Å²) in [6.07, 6.45) is 0. The second kappa shape index (κ2) is 7.13. The lowest BCUT2D eigenvalue weighted by atomic mass is 10.1. The molecule has 0 aliphatic heterocycles. The molecule has 0 bridgehead atoms. The zero-order chi connectivity index (χ0) is 15.4. The van der Waals surface area contributed by atoms with Crippen LogP contribution in [0.3, 0.4) is 0 Å². The Balaban J connectivity index is 2.18. The van der Waals surface area contributed by atoms with Gasteiger partial charge in [0.25, 0.3) is 5.91 Å². The number of benzene rings is 2. The Bertz CT molecular complexity index is 673. The standard InChI is InChI=1S/C16H16ClIN2O/c1-3-19-14-6-4-11(8-10(14)2)16(21)20-15-7-5-12(17)9-13(15)18/h4-9,19H,3H2,1-2H3,(H,20,21). The predicted octanol–water partition coefficient (Wildman–Crippen LogP) is 4.94. The molecular weight excluding hydrogens is 399 g/mol. The molecular formula is C16H16ClIN2O. The monoisotopic (exact) mass is 414 g/mol. The van der Waals surface area contributed by atoms with E-state index in [0.29, 0.717) is 10.6 Å². The fourth-order valence-corrected chi connectivity index (χ4v) is 2.99. The molecule has 0 saturated heterocycles. The third-order valence-corrected chi connectivity index (χ3v) is 4.16. The minimum absolute atomic E-state index is 0.124. The number of hydrogen-bond acceptors (Lipinski definition) is 2. The minimum atomic E-state index is -0.124. The van der Waals surface area contributed by atoms with E-state index >= 15 is 0 Å². The van der Waals surface area contributed by atoms with Crippen LogP contribution in [-0.2, 0) is 0 Å². The summed E-state index contributed by atoms with van der Waals surface area (Å²) < 4.78 is 0.912. The number of carbonyl (C=O) groups excluding carboxylic acids is 1. The normalized spacial score (nSPS) is 10.3. The molecule has 5 heteroatoms. The lowest BCUT2D eigenvalue weighted by Crippen LogP contribution is -2.13. The van der Waals surface area contributed by atoms with E-state index in [2.05, 4.69) is 33.2 Å². The second-order valence-electron chi connectivity index (χ2n) is 4.64. The van der Waals surface area contributed by atoms with Crippen LogP contribution in [0.2, 0.25) is 5.02 Å². The number of rotatable bonds is 4. The summed E-state index contributed by atoms with van der Waals surface area (Å²) in [5, 5.41) is 6.82. The fourth-order valence-electron chi connectivity index (χ4n) is 1.98. The molecule has 2 aromatic carbocycles. The van der Waals surface area contributed by atoms with Gasteiger partial charge < -0.3 is 10.6 Å². The summed E-state index contributed by atoms with van der Waals surface area (Å²) in [6.45, 7) is 4.89. The molecule has 0 radical (unpaired) electrons. The Morgan fingerprint density at radius 2 is 1.90 bits per heavy atom. The second-order valence-corrected chi connectivity index (χ2v) is 6.24. The molecule has 0 aliphatic rings. The number of nitrogens with one attached hydrogen (secondary N) is 2. The first-order chi connectivity index (χ1) is 10.0. The van der Waals surface area contributed by atoms with Crippen LogP contribution >= 0.6 is 34.2 Å². The molecule has 110 valence electrons. The van der Waals surface area contributed by atoms with Crippen LogP contribution in [0.1, 0.15) is 22.8 Å². The predicted molar refractivity (Wildman–Crippen MR) is 97.5 cm³/mol. The number of carbonyl (C=O) groups is 1. The fraction of sp³-hybridized carbons (Fsp3) is 0.188. The van der Waals surface area contributed by atoms with Gasteiger partial charge in [-0.25, -0.2) is 0 Å². The third-order valence-electron chi connectivity index (χ3n) is 3.04. The molecule has 2 rings (SSSR count). The molecule has 21 heavy (non-hydrogen) atoms. The quantitative estimate of drug-likeness (QED) is 0.696. The van der Waals surface area contributed by atoms with E-state index in [4.69, 9.17) is 11.6 Å². The Labute approximate surface area is 143 Å². The van der Waals surface area contributed by atoms with Crippen molar-refractivity contribution in [3.63, 3.8) is 0 Å². The highest BCUT2D eigenvalue weighted by Gasteiger charge is 2.10. The van der Waals surface area contributed by atoms with Crippen molar-refractivity contribution < 1.29 is 4.79 Å². The number of amides is 1. The van der Waals surface area contributed by atoms with Gasteiger partial charge in [0.05, 0.1) is 5.69 Å². The zero-order valence-corrected chi connectivity index (χ0v) is 14.7. The summed E-state index contributed by atoms with van der Waals surface area (Å²) >= 11 is 8.07. The summed E-state index contributed by atoms with van der Waals surface area (Å²) in [7, 11) is 0. The molecule has 0 aliphatic carbocycles. The van der Waals surface area contributed by atoms with E-state index in [1.165, 1.54) is 0 Å². The van der Waals surface area contributed by atoms with Crippen molar-refractivity contribution in [1.82, 2.24) is 0 Å². The van der Waals surface area contributed by atoms with E-state index in [1.807, 2.05) is 44.2 Å². The summed E-state index contributed by atoms with van der Waals surface area (Å²) in [5.74, 6) is -0.124. The number of anilines is 2. The van der Waals surface area contributed by atoms with Gasteiger partial charge in [-0.2, -0.15) is 0 Å². The van der Waals surface area contributed by atoms with Gasteiger partial charge in [0.15, 0.2) is 0 Å². The third kappa shape index (κ3) is 4.11. The van der Waals surface area contributed by atoms with Crippen LogP contribution in [0.4, 0.5) is 11.4 Å². The highest BCUT2D eigenvalue weighted by molar-refractivity contribution is 14.1. The topological polar surface area (TPSA) is 41.1 Å². The first-order valence-corrected chi connectivity index (χ1v) is 8.08. The van der Waals surface area contributed by atoms with Crippen molar-refractivity contribution in [2.45, 2.75) is 13.8 Å². The molecule has 3 nitrogen and oxygen atoms in total. The van der Waals surface area contributed by atoms with Crippen LogP contribution in [0.15, 0.2) is 36.4 Å². The maximum Gasteiger partial charge on any atom is 0.255 e. The van der Waals surface area contributed by atoms with E-state index in [1.54, 1.807) is 6.07 Å². The van der Waals surface area contributed by atoms with E-state index < -0.39 is 0 Å². The van der Waals surface area contributed by atoms with Gasteiger partial charge in [-0.15, -0.1) is 0 Å². The molecule has 0 spiro atoms. The van der Waals surface area contributed by atoms with Crippen molar-refractivity contribution in [1.29, 1.82) is 0 Å². The maximum absolute atomic E-state index is 12.3. The number of hydrogen-bond donors (Lipinski definition) is 2. The van der Waals surface area contributed by atoms with Gasteiger partial charge in [-0.3, -0.25) is 4.79 Å². The molecule has 0 aromatic heterocycles. The number of aryl methyl sites for hydroxylation is 1. The summed E-state index contributed by atoms with van der Waals surface area (Å²) in [5.41, 5.74) is 3.50. The Morgan fingerprint density at radius 1 is 1.19 bits per heavy atom. The average Bonchev–Trinajstić information content (AvgIpc) is 2.44. The molecule has 0 atom stereocenters. The molecule has 1 amide bonds. The van der Waals surface area contributed by atoms with E-state index in [9.17, 15) is 4.79 Å². The van der Waals surface area contributed by atoms with Crippen LogP contribution < -0.4 is 10.6 Å². The molecule has 0 saturated carbocycles. The molecule has 0 unspecified atom stereocenters. The summed E-state index contributed by atoms with van der Waals surface area (Å²) in [4.78, 5) is 12.3. The molecule has 2 aromatic rings. The highest BCUT2D eigenvalue weighted by atomic mass is 127. The maximum atomic E-state index is 12.3. The van der Waals surface area contributed by atoms with Gasteiger partial charge >= 0.3 is 0 Å². The average molecular weight is 415 g/mol. The Morgan fingerprint density at radius 3 is 2.52 bits per heavy atom. The number of halogens is 2. The first kappa shape index (κ1) is 16.1. The molecule has 0 heterocycles. The van der Waals surface area contributed by atoms with Crippen molar-refractivity contribution in [3.05, 3.63) is 56.1 Å². The van der Waals surface area contributed by atoms with Crippen molar-refractivity contribution in [3.8, 4) is 0 Å². The van der Waals surface area contributed by atoms with Crippen LogP contribution in [-0.4, -0.2) is 12.5 Å². The smallest absolute Gasteiger partial charge is 0.255 e. The van der Waals surface area contributed by atoms with E-state index in [0.717, 1.165) is 27.1 Å².